The average molecular weight is 607 g/mol. The lowest BCUT2D eigenvalue weighted by molar-refractivity contribution is -0.134. The van der Waals surface area contributed by atoms with Crippen molar-refractivity contribution >= 4 is 33.9 Å². The number of carbonyl (C=O) groups is 2. The van der Waals surface area contributed by atoms with Crippen LogP contribution >= 0.6 is 0 Å². The van der Waals surface area contributed by atoms with E-state index in [1.807, 2.05) is 32.8 Å². The van der Waals surface area contributed by atoms with Crippen molar-refractivity contribution in [2.45, 2.75) is 83.7 Å². The summed E-state index contributed by atoms with van der Waals surface area (Å²) >= 11 is 0. The fourth-order valence-corrected chi connectivity index (χ4v) is 6.71. The first-order chi connectivity index (χ1) is 21.0. The van der Waals surface area contributed by atoms with E-state index in [4.69, 9.17) is 21.4 Å². The quantitative estimate of drug-likeness (QED) is 0.315. The Balaban J connectivity index is 1.46. The van der Waals surface area contributed by atoms with Crippen LogP contribution in [0.25, 0.3) is 33.7 Å². The fourth-order valence-electron chi connectivity index (χ4n) is 6.71. The molecule has 2 aromatic heterocycles. The van der Waals surface area contributed by atoms with Crippen LogP contribution < -0.4 is 11.5 Å². The number of imidazole rings is 2. The van der Waals surface area contributed by atoms with Crippen LogP contribution in [0.3, 0.4) is 0 Å². The standard InChI is InChI=1S/C32H40F2N8O2/c1-18(2)28(36)32(44)40-13-5-7-23(40)17-42-27-11-9-21(34)15-25(27)38-30(42)29-37-24-14-20(33)8-10-26(24)41(29)16-22-6-4-12-39(22)31(43)19(3)35/h8-11,14-15,18-19,22-23,28H,4-7,12-13,16-17,35-36H2,1-3H3/t19-,22+,23+,28-/m1/s1. The first-order valence-electron chi connectivity index (χ1n) is 15.5. The molecule has 12 heteroatoms. The highest BCUT2D eigenvalue weighted by Crippen LogP contribution is 2.33. The Kier molecular flexibility index (Phi) is 8.14. The number of halogens is 2. The van der Waals surface area contributed by atoms with Gasteiger partial charge in [0.2, 0.25) is 11.8 Å². The van der Waals surface area contributed by atoms with Gasteiger partial charge >= 0.3 is 0 Å². The molecule has 2 fully saturated rings. The van der Waals surface area contributed by atoms with Crippen molar-refractivity contribution in [1.29, 1.82) is 0 Å². The van der Waals surface area contributed by atoms with Gasteiger partial charge in [0.25, 0.3) is 0 Å². The van der Waals surface area contributed by atoms with E-state index in [2.05, 4.69) is 0 Å². The van der Waals surface area contributed by atoms with Gasteiger partial charge in [0.1, 0.15) is 11.6 Å². The van der Waals surface area contributed by atoms with E-state index in [1.165, 1.54) is 24.3 Å². The van der Waals surface area contributed by atoms with Gasteiger partial charge in [-0.15, -0.1) is 0 Å². The summed E-state index contributed by atoms with van der Waals surface area (Å²) in [5.74, 6) is -0.0581. The summed E-state index contributed by atoms with van der Waals surface area (Å²) in [5.41, 5.74) is 14.6. The zero-order valence-corrected chi connectivity index (χ0v) is 25.4. The number of hydrogen-bond acceptors (Lipinski definition) is 6. The van der Waals surface area contributed by atoms with Crippen LogP contribution in [0.1, 0.15) is 46.5 Å². The number of amides is 2. The van der Waals surface area contributed by atoms with Crippen molar-refractivity contribution in [3.63, 3.8) is 0 Å². The van der Waals surface area contributed by atoms with Crippen molar-refractivity contribution in [3.8, 4) is 11.6 Å². The number of nitrogens with zero attached hydrogens (tertiary/aromatic N) is 6. The maximum absolute atomic E-state index is 14.4. The minimum Gasteiger partial charge on any atom is -0.337 e. The molecular weight excluding hydrogens is 566 g/mol. The van der Waals surface area contributed by atoms with Crippen LogP contribution in [0.5, 0.6) is 0 Å². The van der Waals surface area contributed by atoms with Gasteiger partial charge in [-0.05, 0) is 62.8 Å². The van der Waals surface area contributed by atoms with Gasteiger partial charge < -0.3 is 30.4 Å². The number of hydrogen-bond donors (Lipinski definition) is 2. The first-order valence-corrected chi connectivity index (χ1v) is 15.5. The highest BCUT2D eigenvalue weighted by molar-refractivity contribution is 5.85. The highest BCUT2D eigenvalue weighted by atomic mass is 19.1. The summed E-state index contributed by atoms with van der Waals surface area (Å²) in [6.07, 6.45) is 3.27. The smallest absolute Gasteiger partial charge is 0.240 e. The third-order valence-electron chi connectivity index (χ3n) is 9.12. The van der Waals surface area contributed by atoms with Crippen molar-refractivity contribution < 1.29 is 18.4 Å². The third-order valence-corrected chi connectivity index (χ3v) is 9.12. The molecule has 0 saturated carbocycles. The molecule has 0 radical (unpaired) electrons. The van der Waals surface area contributed by atoms with Gasteiger partial charge in [0.15, 0.2) is 11.6 Å². The van der Waals surface area contributed by atoms with E-state index in [0.29, 0.717) is 59.9 Å². The molecule has 2 amide bonds. The van der Waals surface area contributed by atoms with Crippen molar-refractivity contribution in [2.24, 2.45) is 17.4 Å². The summed E-state index contributed by atoms with van der Waals surface area (Å²) < 4.78 is 32.8. The minimum atomic E-state index is -0.622. The molecule has 234 valence electrons. The number of likely N-dealkylation sites (tertiary alicyclic amines) is 2. The van der Waals surface area contributed by atoms with E-state index in [9.17, 15) is 18.4 Å². The Hall–Kier alpha value is -3.90. The molecule has 10 nitrogen and oxygen atoms in total. The second kappa shape index (κ2) is 11.9. The molecule has 0 unspecified atom stereocenters. The van der Waals surface area contributed by atoms with Crippen molar-refractivity contribution in [3.05, 3.63) is 48.0 Å². The molecule has 0 aliphatic carbocycles. The number of benzene rings is 2. The molecule has 4 heterocycles. The van der Waals surface area contributed by atoms with Crippen LogP contribution in [0.15, 0.2) is 36.4 Å². The predicted octanol–water partition coefficient (Wildman–Crippen LogP) is 3.64. The lowest BCUT2D eigenvalue weighted by Crippen LogP contribution is -2.49. The minimum absolute atomic E-state index is 0.000885. The van der Waals surface area contributed by atoms with Crippen LogP contribution in [0.2, 0.25) is 0 Å². The topological polar surface area (TPSA) is 128 Å². The molecule has 4 atom stereocenters. The molecule has 2 aromatic carbocycles. The van der Waals surface area contributed by atoms with Crippen LogP contribution in [0.4, 0.5) is 8.78 Å². The predicted molar refractivity (Wildman–Crippen MR) is 164 cm³/mol. The fraction of sp³-hybridized carbons (Fsp3) is 0.500. The van der Waals surface area contributed by atoms with Gasteiger partial charge in [-0.1, -0.05) is 13.8 Å². The summed E-state index contributed by atoms with van der Waals surface area (Å²) in [7, 11) is 0. The van der Waals surface area contributed by atoms with E-state index in [1.54, 1.807) is 19.1 Å². The number of carbonyl (C=O) groups excluding carboxylic acids is 2. The SMILES string of the molecule is CC(C)[C@@H](N)C(=O)N1CCC[C@H]1Cn1c(-c2nc3cc(F)ccc3n2C[C@@H]2CCCN2C(=O)[C@@H](C)N)nc2cc(F)ccc21. The molecule has 2 aliphatic heterocycles. The molecule has 0 bridgehead atoms. The Morgan fingerprint density at radius 2 is 1.25 bits per heavy atom. The molecule has 4 aromatic rings. The van der Waals surface area contributed by atoms with E-state index in [0.717, 1.165) is 25.7 Å². The summed E-state index contributed by atoms with van der Waals surface area (Å²) in [6, 6.07) is 7.43. The Morgan fingerprint density at radius 1 is 0.795 bits per heavy atom. The largest absolute Gasteiger partial charge is 0.337 e. The van der Waals surface area contributed by atoms with Gasteiger partial charge in [-0.25, -0.2) is 18.7 Å². The number of fused-ring (bicyclic) bond motifs is 2. The first kappa shape index (κ1) is 30.1. The van der Waals surface area contributed by atoms with Crippen LogP contribution in [-0.4, -0.2) is 78.0 Å². The number of rotatable bonds is 8. The van der Waals surface area contributed by atoms with E-state index in [-0.39, 0.29) is 29.8 Å². The zero-order chi connectivity index (χ0) is 31.3. The lowest BCUT2D eigenvalue weighted by Gasteiger charge is -2.30. The molecule has 0 spiro atoms. The van der Waals surface area contributed by atoms with Gasteiger partial charge in [-0.3, -0.25) is 9.59 Å². The molecule has 4 N–H and O–H groups in total. The number of nitrogens with two attached hydrogens (primary N) is 2. The number of aromatic nitrogens is 4. The van der Waals surface area contributed by atoms with E-state index < -0.39 is 23.7 Å². The van der Waals surface area contributed by atoms with Crippen molar-refractivity contribution in [1.82, 2.24) is 28.9 Å². The van der Waals surface area contributed by atoms with E-state index >= 15 is 0 Å². The van der Waals surface area contributed by atoms with Crippen molar-refractivity contribution in [2.75, 3.05) is 13.1 Å². The van der Waals surface area contributed by atoms with Crippen LogP contribution in [-0.2, 0) is 22.7 Å². The summed E-state index contributed by atoms with van der Waals surface area (Å²) in [4.78, 5) is 39.7. The molecular formula is C32H40F2N8O2. The summed E-state index contributed by atoms with van der Waals surface area (Å²) in [5, 5.41) is 0. The monoisotopic (exact) mass is 606 g/mol. The third kappa shape index (κ3) is 5.45. The zero-order valence-electron chi connectivity index (χ0n) is 25.4. The second-order valence-corrected chi connectivity index (χ2v) is 12.6. The van der Waals surface area contributed by atoms with Crippen LogP contribution in [0, 0.1) is 17.6 Å². The molecule has 2 saturated heterocycles. The van der Waals surface area contributed by atoms with Gasteiger partial charge in [-0.2, -0.15) is 0 Å². The summed E-state index contributed by atoms with van der Waals surface area (Å²) in [6.45, 7) is 7.60. The normalized spacial score (nSPS) is 20.4. The molecule has 2 aliphatic rings. The Morgan fingerprint density at radius 3 is 1.68 bits per heavy atom. The maximum Gasteiger partial charge on any atom is 0.240 e. The van der Waals surface area contributed by atoms with Gasteiger partial charge in [0, 0.05) is 50.4 Å². The second-order valence-electron chi connectivity index (χ2n) is 12.6. The Bertz CT molecular complexity index is 1710. The molecule has 6 rings (SSSR count). The Labute approximate surface area is 255 Å². The highest BCUT2D eigenvalue weighted by Gasteiger charge is 2.35. The average Bonchev–Trinajstić information content (AvgIpc) is 3.78. The maximum atomic E-state index is 14.4. The molecule has 44 heavy (non-hydrogen) atoms. The van der Waals surface area contributed by atoms with Gasteiger partial charge in [0.05, 0.1) is 34.2 Å². The lowest BCUT2D eigenvalue weighted by atomic mass is 10.0.